The maximum absolute atomic E-state index is 17.5. The van der Waals surface area contributed by atoms with Crippen LogP contribution in [0.4, 0.5) is 4.39 Å². The highest BCUT2D eigenvalue weighted by Gasteiger charge is 2.77. The molecule has 14 atom stereocenters. The van der Waals surface area contributed by atoms with Crippen molar-refractivity contribution >= 4 is 11.6 Å². The lowest BCUT2D eigenvalue weighted by Crippen LogP contribution is -2.71. The number of hydrogen-bond acceptors (Lipinski definition) is 10. The van der Waals surface area contributed by atoms with Gasteiger partial charge in [0.05, 0.1) is 14.1 Å². The summed E-state index contributed by atoms with van der Waals surface area (Å²) in [5.41, 5.74) is -6.30. The van der Waals surface area contributed by atoms with Crippen LogP contribution in [0.15, 0.2) is 23.8 Å². The topological polar surface area (TPSA) is 174 Å². The Labute approximate surface area is 227 Å². The van der Waals surface area contributed by atoms with Gasteiger partial charge in [-0.05, 0) is 56.6 Å². The Morgan fingerprint density at radius 1 is 1.18 bits per heavy atom. The van der Waals surface area contributed by atoms with E-state index in [-0.39, 0.29) is 25.0 Å². The molecule has 5 rings (SSSR count). The Hall–Kier alpha value is -1.57. The van der Waals surface area contributed by atoms with Crippen LogP contribution in [0.25, 0.3) is 0 Å². The second kappa shape index (κ2) is 9.49. The molecule has 1 unspecified atom stereocenters. The first-order chi connectivity index (χ1) is 18.6. The Morgan fingerprint density at radius 3 is 2.51 bits per heavy atom. The molecule has 4 aliphatic carbocycles. The molecular weight excluding hydrogens is 515 g/mol. The van der Waals surface area contributed by atoms with Crippen molar-refractivity contribution < 1.29 is 55.5 Å². The van der Waals surface area contributed by atoms with E-state index in [1.54, 1.807) is 20.8 Å². The number of allylic oxidation sites excluding steroid dienone is 4. The van der Waals surface area contributed by atoms with E-state index in [2.05, 4.69) is 0 Å². The standard InChI is InChI=1S/C28H39FO10/c1-13-8-17-16-5-4-14-9-15(32)6-7-25(14,2)27(16,29)19(33)10-26(17,3)28(13,20(34)12-31)39-24-23(37)22(36)21(35)18(11-30)38-24/h6-7,9,13,16-19,21-24,30-31,33,35-37H,4-5,8,10-12H2,1-3H3/t13-,16+,17+,18-,19+,21-,22+,23-,24?,25+,26+,27+,28+/m1/s1/i12D/t12-,13+,16-,17-,18+,19-,21+,22-,23+,24?,25-,26-,27-,28-/m0. The Morgan fingerprint density at radius 2 is 1.87 bits per heavy atom. The van der Waals surface area contributed by atoms with Crippen LogP contribution in [0, 0.1) is 28.6 Å². The van der Waals surface area contributed by atoms with Gasteiger partial charge < -0.3 is 40.1 Å². The molecule has 3 saturated carbocycles. The molecule has 0 bridgehead atoms. The van der Waals surface area contributed by atoms with Crippen molar-refractivity contribution in [3.8, 4) is 0 Å². The third-order valence-corrected chi connectivity index (χ3v) is 10.8. The average Bonchev–Trinajstić information content (AvgIpc) is 3.11. The van der Waals surface area contributed by atoms with Gasteiger partial charge in [0.2, 0.25) is 0 Å². The Bertz CT molecular complexity index is 1130. The van der Waals surface area contributed by atoms with Gasteiger partial charge in [0.1, 0.15) is 36.6 Å². The van der Waals surface area contributed by atoms with Crippen LogP contribution in [-0.4, -0.2) is 103 Å². The van der Waals surface area contributed by atoms with Gasteiger partial charge in [0.25, 0.3) is 0 Å². The molecule has 0 radical (unpaired) electrons. The lowest BCUT2D eigenvalue weighted by atomic mass is 9.44. The number of carbonyl (C=O) groups excluding carboxylic acids is 2. The fourth-order valence-electron chi connectivity index (χ4n) is 8.81. The van der Waals surface area contributed by atoms with Gasteiger partial charge in [-0.25, -0.2) is 4.39 Å². The summed E-state index contributed by atoms with van der Waals surface area (Å²) in [7, 11) is 0. The molecule has 11 heteroatoms. The molecule has 5 aliphatic rings. The molecule has 39 heavy (non-hydrogen) atoms. The molecule has 4 fully saturated rings. The first kappa shape index (κ1) is 27.6. The molecule has 0 spiro atoms. The van der Waals surface area contributed by atoms with Crippen LogP contribution < -0.4 is 0 Å². The van der Waals surface area contributed by atoms with E-state index in [1.807, 2.05) is 0 Å². The third-order valence-electron chi connectivity index (χ3n) is 10.8. The van der Waals surface area contributed by atoms with Crippen LogP contribution in [0.5, 0.6) is 0 Å². The monoisotopic (exact) mass is 555 g/mol. The number of alkyl halides is 1. The number of ether oxygens (including phenoxy) is 2. The normalized spacial score (nSPS) is 54.2. The quantitative estimate of drug-likeness (QED) is 0.265. The highest BCUT2D eigenvalue weighted by Crippen LogP contribution is 2.71. The lowest BCUT2D eigenvalue weighted by Gasteiger charge is -2.63. The number of fused-ring (bicyclic) bond motifs is 5. The molecule has 218 valence electrons. The van der Waals surface area contributed by atoms with Crippen molar-refractivity contribution in [2.45, 2.75) is 94.5 Å². The summed E-state index contributed by atoms with van der Waals surface area (Å²) in [6.45, 7) is 1.94. The molecule has 0 aromatic heterocycles. The highest BCUT2D eigenvalue weighted by atomic mass is 19.1. The van der Waals surface area contributed by atoms with Crippen LogP contribution in [0.1, 0.15) is 47.8 Å². The number of halogens is 1. The summed E-state index contributed by atoms with van der Waals surface area (Å²) in [5.74, 6) is -3.45. The Kier molecular flexibility index (Phi) is 6.71. The molecule has 1 heterocycles. The first-order valence-electron chi connectivity index (χ1n) is 14.1. The minimum absolute atomic E-state index is 0.215. The van der Waals surface area contributed by atoms with Gasteiger partial charge in [0.15, 0.2) is 23.5 Å². The summed E-state index contributed by atoms with van der Waals surface area (Å²) >= 11 is 0. The van der Waals surface area contributed by atoms with E-state index < -0.39 is 95.6 Å². The van der Waals surface area contributed by atoms with Crippen LogP contribution in [0.3, 0.4) is 0 Å². The summed E-state index contributed by atoms with van der Waals surface area (Å²) in [6.07, 6.45) is -5.26. The maximum Gasteiger partial charge on any atom is 0.190 e. The van der Waals surface area contributed by atoms with Gasteiger partial charge in [-0.2, -0.15) is 0 Å². The number of hydrogen-bond donors (Lipinski definition) is 6. The zero-order valence-corrected chi connectivity index (χ0v) is 22.2. The second-order valence-electron chi connectivity index (χ2n) is 12.4. The molecular formula is C28H39FO10. The van der Waals surface area contributed by atoms with Gasteiger partial charge in [0, 0.05) is 16.7 Å². The largest absolute Gasteiger partial charge is 0.394 e. The average molecular weight is 556 g/mol. The van der Waals surface area contributed by atoms with Gasteiger partial charge in [-0.1, -0.05) is 25.5 Å². The third kappa shape index (κ3) is 3.61. The van der Waals surface area contributed by atoms with Crippen LogP contribution in [0.2, 0.25) is 0 Å². The summed E-state index contributed by atoms with van der Waals surface area (Å²) in [5, 5.41) is 62.8. The number of rotatable bonds is 5. The summed E-state index contributed by atoms with van der Waals surface area (Å²) < 4.78 is 37.2. The lowest BCUT2D eigenvalue weighted by molar-refractivity contribution is -0.341. The number of Topliss-reactive ketones (excluding diaryl/α,β-unsaturated/α-hetero) is 1. The molecule has 0 aromatic carbocycles. The van der Waals surface area contributed by atoms with Crippen molar-refractivity contribution in [1.29, 1.82) is 0 Å². The smallest absolute Gasteiger partial charge is 0.190 e. The van der Waals surface area contributed by atoms with Crippen molar-refractivity contribution in [2.75, 3.05) is 13.2 Å². The predicted octanol–water partition coefficient (Wildman–Crippen LogP) is -0.280. The SMILES string of the molecule is [2H][C@H](O)C(=O)[C@@]1(OC2O[C@H](CO)[C@@H](O)[C@H](O)[C@H]2O)[C@H](C)C[C@H]2[C@@H]3CCC4=CC(=O)C=C[C@]4(C)[C@@]3(F)[C@@H](O)C[C@@]21C. The van der Waals surface area contributed by atoms with Crippen LogP contribution >= 0.6 is 0 Å². The number of ketones is 2. The van der Waals surface area contributed by atoms with Crippen molar-refractivity contribution in [3.05, 3.63) is 23.8 Å². The fraction of sp³-hybridized carbons (Fsp3) is 0.786. The highest BCUT2D eigenvalue weighted by molar-refractivity contribution is 6.01. The van der Waals surface area contributed by atoms with Crippen molar-refractivity contribution in [2.24, 2.45) is 28.6 Å². The number of aliphatic hydroxyl groups is 6. The van der Waals surface area contributed by atoms with E-state index in [1.165, 1.54) is 18.2 Å². The van der Waals surface area contributed by atoms with E-state index in [9.17, 15) is 40.2 Å². The van der Waals surface area contributed by atoms with Gasteiger partial charge >= 0.3 is 0 Å². The second-order valence-corrected chi connectivity index (χ2v) is 12.4. The number of carbonyl (C=O) groups is 2. The van der Waals surface area contributed by atoms with Crippen molar-refractivity contribution in [1.82, 2.24) is 0 Å². The summed E-state index contributed by atoms with van der Waals surface area (Å²) in [4.78, 5) is 25.9. The molecule has 1 saturated heterocycles. The van der Waals surface area contributed by atoms with E-state index in [0.717, 1.165) is 0 Å². The fourth-order valence-corrected chi connectivity index (χ4v) is 8.81. The van der Waals surface area contributed by atoms with Crippen LogP contribution in [-0.2, 0) is 19.1 Å². The predicted molar refractivity (Wildman–Crippen MR) is 133 cm³/mol. The van der Waals surface area contributed by atoms with E-state index in [0.29, 0.717) is 12.0 Å². The molecule has 0 amide bonds. The zero-order chi connectivity index (χ0) is 29.6. The minimum Gasteiger partial charge on any atom is -0.394 e. The Balaban J connectivity index is 1.60. The first-order valence-corrected chi connectivity index (χ1v) is 13.5. The van der Waals surface area contributed by atoms with E-state index in [4.69, 9.17) is 10.8 Å². The molecule has 6 N–H and O–H groups in total. The molecule has 10 nitrogen and oxygen atoms in total. The van der Waals surface area contributed by atoms with E-state index >= 15 is 4.39 Å². The van der Waals surface area contributed by atoms with Gasteiger partial charge in [-0.3, -0.25) is 9.59 Å². The van der Waals surface area contributed by atoms with Crippen molar-refractivity contribution in [3.63, 3.8) is 0 Å². The molecule has 1 aliphatic heterocycles. The molecule has 0 aromatic rings. The zero-order valence-electron chi connectivity index (χ0n) is 23.2. The number of aliphatic hydroxyl groups excluding tert-OH is 6. The summed E-state index contributed by atoms with van der Waals surface area (Å²) in [6, 6.07) is 0. The van der Waals surface area contributed by atoms with Gasteiger partial charge in [-0.15, -0.1) is 0 Å². The minimum atomic E-state index is -2.28. The maximum atomic E-state index is 17.5.